The number of aryl methyl sites for hydroxylation is 3. The monoisotopic (exact) mass is 548 g/mol. The zero-order chi connectivity index (χ0) is 30.1. The van der Waals surface area contributed by atoms with Crippen molar-refractivity contribution in [3.8, 4) is 0 Å². The Bertz CT molecular complexity index is 1100. The first-order valence-corrected chi connectivity index (χ1v) is 15.4. The van der Waals surface area contributed by atoms with Gasteiger partial charge in [-0.25, -0.2) is 0 Å². The van der Waals surface area contributed by atoms with Crippen molar-refractivity contribution in [1.82, 2.24) is 20.1 Å². The fraction of sp³-hybridized carbons (Fsp3) is 0.571. The van der Waals surface area contributed by atoms with Gasteiger partial charge in [0, 0.05) is 19.2 Å². The van der Waals surface area contributed by atoms with E-state index in [1.54, 1.807) is 29.7 Å². The van der Waals surface area contributed by atoms with E-state index in [1.807, 2.05) is 20.9 Å². The van der Waals surface area contributed by atoms with Crippen LogP contribution in [-0.2, 0) is 26.4 Å². The van der Waals surface area contributed by atoms with Crippen LogP contribution in [0.15, 0.2) is 49.1 Å². The minimum Gasteiger partial charge on any atom is -0.323 e. The second-order valence-corrected chi connectivity index (χ2v) is 11.3. The van der Waals surface area contributed by atoms with Gasteiger partial charge in [0.2, 0.25) is 0 Å². The second kappa shape index (κ2) is 19.3. The van der Waals surface area contributed by atoms with Gasteiger partial charge in [0.05, 0.1) is 0 Å². The van der Waals surface area contributed by atoms with Gasteiger partial charge in [-0.3, -0.25) is 4.79 Å². The average Bonchev–Trinajstić information content (AvgIpc) is 3.39. The second-order valence-electron chi connectivity index (χ2n) is 11.3. The predicted molar refractivity (Wildman–Crippen MR) is 171 cm³/mol. The Morgan fingerprint density at radius 3 is 2.17 bits per heavy atom. The molecule has 1 N–H and O–H groups in total. The lowest BCUT2D eigenvalue weighted by atomic mass is 9.72. The van der Waals surface area contributed by atoms with E-state index in [4.69, 9.17) is 0 Å². The molecular formula is C35H56N4O. The quantitative estimate of drug-likeness (QED) is 0.272. The first-order chi connectivity index (χ1) is 19.1. The lowest BCUT2D eigenvalue weighted by molar-refractivity contribution is 0.101. The number of aromatic nitrogens is 3. The van der Waals surface area contributed by atoms with E-state index >= 15 is 0 Å². The molecule has 1 aliphatic carbocycles. The first kappa shape index (κ1) is 35.2. The number of nitrogens with zero attached hydrogens (tertiary/aromatic N) is 3. The molecule has 1 aromatic heterocycles. The van der Waals surface area contributed by atoms with Gasteiger partial charge in [-0.2, -0.15) is 0 Å². The van der Waals surface area contributed by atoms with E-state index in [-0.39, 0.29) is 5.78 Å². The van der Waals surface area contributed by atoms with E-state index in [9.17, 15) is 4.79 Å². The summed E-state index contributed by atoms with van der Waals surface area (Å²) in [6.45, 7) is 20.8. The van der Waals surface area contributed by atoms with Crippen LogP contribution in [0.1, 0.15) is 119 Å². The largest absolute Gasteiger partial charge is 0.323 e. The summed E-state index contributed by atoms with van der Waals surface area (Å²) < 4.78 is 1.78. The Morgan fingerprint density at radius 1 is 1.07 bits per heavy atom. The van der Waals surface area contributed by atoms with Gasteiger partial charge < -0.3 is 9.88 Å². The number of hydrogen-bond acceptors (Lipinski definition) is 4. The average molecular weight is 549 g/mol. The van der Waals surface area contributed by atoms with Crippen LogP contribution in [0.4, 0.5) is 0 Å². The lowest BCUT2D eigenvalue weighted by Gasteiger charge is -2.33. The third-order valence-electron chi connectivity index (χ3n) is 6.96. The highest BCUT2D eigenvalue weighted by Crippen LogP contribution is 2.41. The molecule has 0 saturated heterocycles. The van der Waals surface area contributed by atoms with Crippen LogP contribution in [0.5, 0.6) is 0 Å². The summed E-state index contributed by atoms with van der Waals surface area (Å²) in [5, 5.41) is 10.5. The van der Waals surface area contributed by atoms with E-state index in [0.29, 0.717) is 5.92 Å². The molecule has 5 heteroatoms. The molecule has 0 aliphatic heterocycles. The third-order valence-corrected chi connectivity index (χ3v) is 6.96. The fourth-order valence-electron chi connectivity index (χ4n) is 4.98. The molecule has 1 fully saturated rings. The van der Waals surface area contributed by atoms with Crippen molar-refractivity contribution in [2.75, 3.05) is 6.54 Å². The molecule has 1 aliphatic rings. The SMILES string of the molecule is CC.CCCc1cc(CNCC(C)C)cc(C(C)=O)c1CC.Cc1cccc(C2CC(C)C2)c1.Cn1cnnc1. The van der Waals surface area contributed by atoms with Crippen molar-refractivity contribution in [3.05, 3.63) is 82.4 Å². The molecule has 3 aromatic rings. The van der Waals surface area contributed by atoms with Crippen LogP contribution in [0, 0.1) is 18.8 Å². The van der Waals surface area contributed by atoms with Crippen LogP contribution < -0.4 is 5.32 Å². The number of carbonyl (C=O) groups excluding carboxylic acids is 1. The van der Waals surface area contributed by atoms with Gasteiger partial charge in [0.25, 0.3) is 0 Å². The fourth-order valence-corrected chi connectivity index (χ4v) is 4.98. The number of nitrogens with one attached hydrogen (secondary N) is 1. The number of rotatable bonds is 9. The normalized spacial score (nSPS) is 15.5. The van der Waals surface area contributed by atoms with Crippen molar-refractivity contribution >= 4 is 5.78 Å². The highest BCUT2D eigenvalue weighted by atomic mass is 16.1. The van der Waals surface area contributed by atoms with Gasteiger partial charge in [-0.1, -0.05) is 90.8 Å². The molecule has 2 aromatic carbocycles. The Balaban J connectivity index is 0.000000333. The molecule has 4 rings (SSSR count). The highest BCUT2D eigenvalue weighted by Gasteiger charge is 2.26. The predicted octanol–water partition coefficient (Wildman–Crippen LogP) is 8.50. The van der Waals surface area contributed by atoms with Crippen LogP contribution in [0.2, 0.25) is 0 Å². The number of hydrogen-bond donors (Lipinski definition) is 1. The van der Waals surface area contributed by atoms with Crippen molar-refractivity contribution < 1.29 is 4.79 Å². The molecule has 0 amide bonds. The van der Waals surface area contributed by atoms with Crippen LogP contribution in [-0.4, -0.2) is 27.1 Å². The van der Waals surface area contributed by atoms with Gasteiger partial charge >= 0.3 is 0 Å². The van der Waals surface area contributed by atoms with Crippen molar-refractivity contribution in [3.63, 3.8) is 0 Å². The molecule has 1 saturated carbocycles. The number of ketones is 1. The van der Waals surface area contributed by atoms with Gasteiger partial charge in [-0.15, -0.1) is 10.2 Å². The maximum atomic E-state index is 11.9. The van der Waals surface area contributed by atoms with Gasteiger partial charge in [0.1, 0.15) is 12.7 Å². The standard InChI is InChI=1S/C18H29NO.C12H16.C3H5N3.C2H6/c1-6-8-16-9-15(12-19-11-13(3)4)10-18(14(5)20)17(16)7-2;1-9-4-3-5-11(6-9)12-7-10(2)8-12;1-6-2-4-5-3-6;1-2/h9-10,13,19H,6-8,11-12H2,1-5H3;3-6,10,12H,7-8H2,1-2H3;2-3H,1H3;1-2H3. The molecule has 40 heavy (non-hydrogen) atoms. The number of Topliss-reactive ketones (excluding diaryl/α,β-unsaturated/α-hetero) is 1. The molecule has 0 bridgehead atoms. The molecule has 0 radical (unpaired) electrons. The molecule has 222 valence electrons. The molecule has 5 nitrogen and oxygen atoms in total. The Labute approximate surface area is 245 Å². The minimum atomic E-state index is 0.185. The van der Waals surface area contributed by atoms with E-state index in [2.05, 4.69) is 93.5 Å². The molecule has 0 unspecified atom stereocenters. The summed E-state index contributed by atoms with van der Waals surface area (Å²) in [5.74, 6) is 2.65. The van der Waals surface area contributed by atoms with Crippen LogP contribution >= 0.6 is 0 Å². The Hall–Kier alpha value is -2.79. The zero-order valence-electron chi connectivity index (χ0n) is 27.1. The van der Waals surface area contributed by atoms with Crippen molar-refractivity contribution in [1.29, 1.82) is 0 Å². The Morgan fingerprint density at radius 2 is 1.73 bits per heavy atom. The van der Waals surface area contributed by atoms with Crippen LogP contribution in [0.25, 0.3) is 0 Å². The highest BCUT2D eigenvalue weighted by molar-refractivity contribution is 5.96. The van der Waals surface area contributed by atoms with Crippen molar-refractivity contribution in [2.24, 2.45) is 18.9 Å². The van der Waals surface area contributed by atoms with Crippen LogP contribution in [0.3, 0.4) is 0 Å². The molecular weight excluding hydrogens is 492 g/mol. The summed E-state index contributed by atoms with van der Waals surface area (Å²) in [4.78, 5) is 11.9. The smallest absolute Gasteiger partial charge is 0.160 e. The molecule has 0 atom stereocenters. The summed E-state index contributed by atoms with van der Waals surface area (Å²) in [7, 11) is 1.88. The van der Waals surface area contributed by atoms with E-state index in [0.717, 1.165) is 49.8 Å². The summed E-state index contributed by atoms with van der Waals surface area (Å²) in [5.41, 5.74) is 7.69. The summed E-state index contributed by atoms with van der Waals surface area (Å²) in [6, 6.07) is 13.3. The van der Waals surface area contributed by atoms with Crippen molar-refractivity contribution in [2.45, 2.75) is 107 Å². The minimum absolute atomic E-state index is 0.185. The zero-order valence-corrected chi connectivity index (χ0v) is 27.1. The number of benzene rings is 2. The van der Waals surface area contributed by atoms with E-state index in [1.165, 1.54) is 35.1 Å². The summed E-state index contributed by atoms with van der Waals surface area (Å²) >= 11 is 0. The topological polar surface area (TPSA) is 59.8 Å². The third kappa shape index (κ3) is 12.6. The first-order valence-electron chi connectivity index (χ1n) is 15.4. The Kier molecular flexibility index (Phi) is 17.0. The van der Waals surface area contributed by atoms with Gasteiger partial charge in [0.15, 0.2) is 5.78 Å². The maximum Gasteiger partial charge on any atom is 0.160 e. The molecule has 1 heterocycles. The summed E-state index contributed by atoms with van der Waals surface area (Å²) in [6.07, 6.45) is 9.17. The lowest BCUT2D eigenvalue weighted by Crippen LogP contribution is -2.19. The van der Waals surface area contributed by atoms with E-state index < -0.39 is 0 Å². The molecule has 0 spiro atoms. The van der Waals surface area contributed by atoms with Gasteiger partial charge in [-0.05, 0) is 92.1 Å². The maximum absolute atomic E-state index is 11.9. The number of carbonyl (C=O) groups is 1.